The summed E-state index contributed by atoms with van der Waals surface area (Å²) < 4.78 is 6.35. The molecule has 3 atom stereocenters. The second-order valence-electron chi connectivity index (χ2n) is 11.7. The summed E-state index contributed by atoms with van der Waals surface area (Å²) in [5.41, 5.74) is 5.19. The number of aromatic nitrogens is 2. The molecule has 0 spiro atoms. The lowest BCUT2D eigenvalue weighted by Gasteiger charge is -2.37. The number of nitrogens with zero attached hydrogens (tertiary/aromatic N) is 5. The number of likely N-dealkylation sites (tertiary alicyclic amines) is 1. The van der Waals surface area contributed by atoms with Crippen molar-refractivity contribution >= 4 is 22.3 Å². The van der Waals surface area contributed by atoms with Crippen LogP contribution in [0.4, 0.5) is 11.5 Å². The van der Waals surface area contributed by atoms with Crippen LogP contribution in [0.2, 0.25) is 0 Å². The molecular formula is C31H40N6O. The van der Waals surface area contributed by atoms with Gasteiger partial charge in [-0.2, -0.15) is 9.97 Å². The molecule has 7 nitrogen and oxygen atoms in total. The van der Waals surface area contributed by atoms with Gasteiger partial charge in [-0.15, -0.1) is 0 Å². The lowest BCUT2D eigenvalue weighted by molar-refractivity contribution is 0.187. The second-order valence-corrected chi connectivity index (χ2v) is 11.7. The Morgan fingerprint density at radius 1 is 0.974 bits per heavy atom. The van der Waals surface area contributed by atoms with Crippen LogP contribution < -0.4 is 19.9 Å². The number of rotatable bonds is 6. The Labute approximate surface area is 226 Å². The van der Waals surface area contributed by atoms with E-state index >= 15 is 0 Å². The quantitative estimate of drug-likeness (QED) is 0.532. The van der Waals surface area contributed by atoms with E-state index in [9.17, 15) is 0 Å². The number of hydrogen-bond donors (Lipinski definition) is 1. The molecule has 0 amide bonds. The highest BCUT2D eigenvalue weighted by atomic mass is 16.5. The van der Waals surface area contributed by atoms with E-state index in [0.717, 1.165) is 57.1 Å². The van der Waals surface area contributed by atoms with Crippen LogP contribution in [0, 0.1) is 0 Å². The minimum absolute atomic E-state index is 0.452. The Morgan fingerprint density at radius 3 is 2.55 bits per heavy atom. The van der Waals surface area contributed by atoms with Crippen molar-refractivity contribution in [2.75, 3.05) is 49.6 Å². The fraction of sp³-hybridized carbons (Fsp3) is 0.548. The monoisotopic (exact) mass is 512 g/mol. The molecule has 0 saturated carbocycles. The van der Waals surface area contributed by atoms with Crippen LogP contribution in [0.3, 0.4) is 0 Å². The fourth-order valence-electron chi connectivity index (χ4n) is 7.21. The molecule has 4 aliphatic rings. The van der Waals surface area contributed by atoms with Gasteiger partial charge in [-0.25, -0.2) is 0 Å². The van der Waals surface area contributed by atoms with Crippen LogP contribution in [-0.2, 0) is 19.4 Å². The first-order valence-electron chi connectivity index (χ1n) is 14.7. The van der Waals surface area contributed by atoms with Gasteiger partial charge in [-0.3, -0.25) is 0 Å². The standard InChI is InChI=1S/C31H40N6O/c1-3-21-7-4-8-22-9-5-11-28(29(21)22)36-16-14-26-27(19-36)33-31(38-20-25-10-6-15-35(25)2)34-30(26)37-17-23-12-13-24(18-37)32-23/h4-5,7-9,11,23-25,32H,3,6,10,12-20H2,1-2H3/t23-,24+,25-/m0/s1. The molecular weight excluding hydrogens is 472 g/mol. The van der Waals surface area contributed by atoms with Gasteiger partial charge < -0.3 is 24.8 Å². The van der Waals surface area contributed by atoms with Crippen LogP contribution in [0.25, 0.3) is 10.8 Å². The number of fused-ring (bicyclic) bond motifs is 4. The van der Waals surface area contributed by atoms with E-state index in [2.05, 4.69) is 70.4 Å². The predicted octanol–water partition coefficient (Wildman–Crippen LogP) is 4.17. The maximum atomic E-state index is 6.35. The van der Waals surface area contributed by atoms with Crippen molar-refractivity contribution in [3.8, 4) is 6.01 Å². The highest BCUT2D eigenvalue weighted by molar-refractivity contribution is 5.97. The molecule has 2 bridgehead atoms. The number of hydrogen-bond acceptors (Lipinski definition) is 7. The highest BCUT2D eigenvalue weighted by Gasteiger charge is 2.35. The topological polar surface area (TPSA) is 56.8 Å². The van der Waals surface area contributed by atoms with Gasteiger partial charge in [0.2, 0.25) is 0 Å². The molecule has 7 rings (SSSR count). The Kier molecular flexibility index (Phi) is 6.36. The van der Waals surface area contributed by atoms with Crippen molar-refractivity contribution in [1.29, 1.82) is 0 Å². The van der Waals surface area contributed by atoms with E-state index in [1.165, 1.54) is 53.3 Å². The average molecular weight is 513 g/mol. The van der Waals surface area contributed by atoms with Crippen molar-refractivity contribution < 1.29 is 4.74 Å². The van der Waals surface area contributed by atoms with Gasteiger partial charge in [0.15, 0.2) is 0 Å². The Bertz CT molecular complexity index is 1310. The third kappa shape index (κ3) is 4.39. The molecule has 3 aromatic rings. The fourth-order valence-corrected chi connectivity index (χ4v) is 7.21. The number of piperazine rings is 1. The number of anilines is 2. The van der Waals surface area contributed by atoms with Gasteiger partial charge in [0.25, 0.3) is 0 Å². The van der Waals surface area contributed by atoms with Crippen molar-refractivity contribution in [2.24, 2.45) is 0 Å². The van der Waals surface area contributed by atoms with Crippen molar-refractivity contribution in [3.63, 3.8) is 0 Å². The molecule has 1 aromatic heterocycles. The predicted molar refractivity (Wildman–Crippen MR) is 153 cm³/mol. The molecule has 0 unspecified atom stereocenters. The molecule has 200 valence electrons. The SMILES string of the molecule is CCc1cccc2cccc(N3CCc4c(nc(OC[C@@H]5CCCN5C)nc4N4C[C@H]5CC[C@@H](C4)N5)C3)c12. The number of likely N-dealkylation sites (N-methyl/N-ethyl adjacent to an activating group) is 1. The van der Waals surface area contributed by atoms with Gasteiger partial charge >= 0.3 is 6.01 Å². The Balaban J connectivity index is 1.23. The summed E-state index contributed by atoms with van der Waals surface area (Å²) in [6.45, 7) is 7.88. The molecule has 2 aromatic carbocycles. The number of ether oxygens (including phenoxy) is 1. The number of aryl methyl sites for hydroxylation is 1. The summed E-state index contributed by atoms with van der Waals surface area (Å²) >= 11 is 0. The maximum absolute atomic E-state index is 6.35. The third-order valence-electron chi connectivity index (χ3n) is 9.31. The van der Waals surface area contributed by atoms with Gasteiger partial charge in [0.1, 0.15) is 12.4 Å². The molecule has 5 heterocycles. The molecule has 3 fully saturated rings. The zero-order valence-electron chi connectivity index (χ0n) is 22.8. The number of benzene rings is 2. The molecule has 0 radical (unpaired) electrons. The molecule has 7 heteroatoms. The van der Waals surface area contributed by atoms with Crippen LogP contribution in [0.5, 0.6) is 6.01 Å². The average Bonchev–Trinajstić information content (AvgIpc) is 3.53. The minimum atomic E-state index is 0.452. The first kappa shape index (κ1) is 24.2. The molecule has 4 aliphatic heterocycles. The van der Waals surface area contributed by atoms with Crippen LogP contribution >= 0.6 is 0 Å². The van der Waals surface area contributed by atoms with E-state index in [4.69, 9.17) is 14.7 Å². The zero-order chi connectivity index (χ0) is 25.6. The van der Waals surface area contributed by atoms with Gasteiger partial charge in [0.05, 0.1) is 12.2 Å². The smallest absolute Gasteiger partial charge is 0.318 e. The van der Waals surface area contributed by atoms with E-state index in [-0.39, 0.29) is 0 Å². The van der Waals surface area contributed by atoms with Gasteiger partial charge in [-0.05, 0) is 69.1 Å². The van der Waals surface area contributed by atoms with E-state index < -0.39 is 0 Å². The molecule has 0 aliphatic carbocycles. The van der Waals surface area contributed by atoms with Crippen molar-refractivity contribution in [1.82, 2.24) is 20.2 Å². The summed E-state index contributed by atoms with van der Waals surface area (Å²) in [5.74, 6) is 1.12. The second kappa shape index (κ2) is 10.0. The molecule has 38 heavy (non-hydrogen) atoms. The van der Waals surface area contributed by atoms with Crippen LogP contribution in [-0.4, -0.2) is 72.8 Å². The highest BCUT2D eigenvalue weighted by Crippen LogP contribution is 2.36. The lowest BCUT2D eigenvalue weighted by atomic mass is 9.98. The number of nitrogens with one attached hydrogen (secondary N) is 1. The van der Waals surface area contributed by atoms with E-state index in [0.29, 0.717) is 30.7 Å². The first-order valence-corrected chi connectivity index (χ1v) is 14.7. The summed E-state index contributed by atoms with van der Waals surface area (Å²) in [6.07, 6.45) is 6.94. The molecule has 3 saturated heterocycles. The van der Waals surface area contributed by atoms with E-state index in [1.54, 1.807) is 0 Å². The van der Waals surface area contributed by atoms with Crippen LogP contribution in [0.1, 0.15) is 49.4 Å². The summed E-state index contributed by atoms with van der Waals surface area (Å²) in [4.78, 5) is 17.6. The molecule has 1 N–H and O–H groups in total. The van der Waals surface area contributed by atoms with E-state index in [1.807, 2.05) is 0 Å². The Hall–Kier alpha value is -2.90. The summed E-state index contributed by atoms with van der Waals surface area (Å²) in [6, 6.07) is 15.6. The summed E-state index contributed by atoms with van der Waals surface area (Å²) in [5, 5.41) is 6.48. The van der Waals surface area contributed by atoms with Gasteiger partial charge in [-0.1, -0.05) is 37.3 Å². The van der Waals surface area contributed by atoms with Crippen molar-refractivity contribution in [2.45, 2.75) is 70.1 Å². The Morgan fingerprint density at radius 2 is 1.79 bits per heavy atom. The van der Waals surface area contributed by atoms with Crippen LogP contribution in [0.15, 0.2) is 36.4 Å². The van der Waals surface area contributed by atoms with Crippen molar-refractivity contribution in [3.05, 3.63) is 53.2 Å². The largest absolute Gasteiger partial charge is 0.462 e. The maximum Gasteiger partial charge on any atom is 0.318 e. The summed E-state index contributed by atoms with van der Waals surface area (Å²) in [7, 11) is 2.20. The normalized spacial score (nSPS) is 25.3. The van der Waals surface area contributed by atoms with Gasteiger partial charge in [0, 0.05) is 54.4 Å². The lowest BCUT2D eigenvalue weighted by Crippen LogP contribution is -2.52. The minimum Gasteiger partial charge on any atom is -0.462 e. The zero-order valence-corrected chi connectivity index (χ0v) is 22.8. The third-order valence-corrected chi connectivity index (χ3v) is 9.31. The first-order chi connectivity index (χ1) is 18.7.